The number of anilines is 1. The minimum absolute atomic E-state index is 0.466. The summed E-state index contributed by atoms with van der Waals surface area (Å²) in [6.07, 6.45) is 7.62. The molecule has 1 unspecified atom stereocenters. The molecule has 1 N–H and O–H groups in total. The summed E-state index contributed by atoms with van der Waals surface area (Å²) in [6.45, 7) is 8.78. The molecule has 1 atom stereocenters. The largest absolute Gasteiger partial charge is 0.353 e. The first-order chi connectivity index (χ1) is 7.15. The number of nitrogens with one attached hydrogen (secondary N) is 1. The van der Waals surface area contributed by atoms with E-state index >= 15 is 0 Å². The van der Waals surface area contributed by atoms with Gasteiger partial charge >= 0.3 is 0 Å². The average Bonchev–Trinajstić information content (AvgIpc) is 2.62. The highest BCUT2D eigenvalue weighted by Crippen LogP contribution is 2.14. The fourth-order valence-corrected chi connectivity index (χ4v) is 1.64. The zero-order valence-electron chi connectivity index (χ0n) is 10.3. The highest BCUT2D eigenvalue weighted by Gasteiger charge is 2.08. The topological polar surface area (TPSA) is 29.9 Å². The maximum Gasteiger partial charge on any atom is 0.203 e. The van der Waals surface area contributed by atoms with Crippen LogP contribution in [0.25, 0.3) is 0 Å². The Hall–Kier alpha value is -0.990. The van der Waals surface area contributed by atoms with Gasteiger partial charge in [0.05, 0.1) is 0 Å². The third-order valence-corrected chi connectivity index (χ3v) is 2.59. The van der Waals surface area contributed by atoms with Crippen LogP contribution in [0.3, 0.4) is 0 Å². The highest BCUT2D eigenvalue weighted by atomic mass is 15.2. The highest BCUT2D eigenvalue weighted by molar-refractivity contribution is 5.27. The Labute approximate surface area is 92.9 Å². The summed E-state index contributed by atoms with van der Waals surface area (Å²) in [6, 6.07) is 0.971. The Balaban J connectivity index is 2.52. The Kier molecular flexibility index (Phi) is 4.66. The van der Waals surface area contributed by atoms with Gasteiger partial charge in [0.2, 0.25) is 5.95 Å². The molecule has 0 aliphatic carbocycles. The van der Waals surface area contributed by atoms with Crippen LogP contribution in [-0.2, 0) is 0 Å². The van der Waals surface area contributed by atoms with E-state index in [1.54, 1.807) is 0 Å². The van der Waals surface area contributed by atoms with Crippen molar-refractivity contribution < 1.29 is 0 Å². The molecule has 0 fully saturated rings. The second-order valence-corrected chi connectivity index (χ2v) is 4.44. The standard InChI is InChI=1S/C12H23N3/c1-5-6-7-11(4)14-12-13-8-9-15(12)10(2)3/h8-11H,5-7H2,1-4H3,(H,13,14). The lowest BCUT2D eigenvalue weighted by atomic mass is 10.1. The van der Waals surface area contributed by atoms with Gasteiger partial charge in [-0.2, -0.15) is 0 Å². The zero-order valence-corrected chi connectivity index (χ0v) is 10.3. The van der Waals surface area contributed by atoms with Gasteiger partial charge in [-0.25, -0.2) is 4.98 Å². The van der Waals surface area contributed by atoms with Crippen LogP contribution in [0.2, 0.25) is 0 Å². The third-order valence-electron chi connectivity index (χ3n) is 2.59. The molecule has 0 spiro atoms. The van der Waals surface area contributed by atoms with Gasteiger partial charge in [-0.15, -0.1) is 0 Å². The van der Waals surface area contributed by atoms with Crippen molar-refractivity contribution >= 4 is 5.95 Å². The van der Waals surface area contributed by atoms with Crippen molar-refractivity contribution in [2.75, 3.05) is 5.32 Å². The molecule has 86 valence electrons. The average molecular weight is 209 g/mol. The molecule has 3 heteroatoms. The minimum Gasteiger partial charge on any atom is -0.353 e. The van der Waals surface area contributed by atoms with Gasteiger partial charge < -0.3 is 9.88 Å². The lowest BCUT2D eigenvalue weighted by Crippen LogP contribution is -2.18. The van der Waals surface area contributed by atoms with Crippen LogP contribution in [0.4, 0.5) is 5.95 Å². The molecule has 15 heavy (non-hydrogen) atoms. The van der Waals surface area contributed by atoms with Crippen molar-refractivity contribution in [3.8, 4) is 0 Å². The lowest BCUT2D eigenvalue weighted by Gasteiger charge is -2.17. The molecule has 0 saturated carbocycles. The number of imidazole rings is 1. The molecular formula is C12H23N3. The van der Waals surface area contributed by atoms with Crippen LogP contribution in [0.1, 0.15) is 53.0 Å². The minimum atomic E-state index is 0.466. The monoisotopic (exact) mass is 209 g/mol. The molecule has 0 aliphatic heterocycles. The quantitative estimate of drug-likeness (QED) is 0.777. The smallest absolute Gasteiger partial charge is 0.203 e. The molecule has 1 aromatic heterocycles. The molecule has 0 bridgehead atoms. The van der Waals surface area contributed by atoms with Crippen LogP contribution < -0.4 is 5.32 Å². The van der Waals surface area contributed by atoms with E-state index in [9.17, 15) is 0 Å². The summed E-state index contributed by atoms with van der Waals surface area (Å²) in [5, 5.41) is 3.46. The molecule has 1 rings (SSSR count). The van der Waals surface area contributed by atoms with Crippen LogP contribution in [-0.4, -0.2) is 15.6 Å². The summed E-state index contributed by atoms with van der Waals surface area (Å²) >= 11 is 0. The summed E-state index contributed by atoms with van der Waals surface area (Å²) in [4.78, 5) is 4.34. The van der Waals surface area contributed by atoms with Crippen LogP contribution in [0, 0.1) is 0 Å². The second kappa shape index (κ2) is 5.79. The van der Waals surface area contributed by atoms with E-state index in [-0.39, 0.29) is 0 Å². The van der Waals surface area contributed by atoms with E-state index in [4.69, 9.17) is 0 Å². The van der Waals surface area contributed by atoms with Crippen molar-refractivity contribution in [1.29, 1.82) is 0 Å². The normalized spacial score (nSPS) is 13.1. The first-order valence-corrected chi connectivity index (χ1v) is 5.94. The van der Waals surface area contributed by atoms with Crippen molar-refractivity contribution in [3.05, 3.63) is 12.4 Å². The first kappa shape index (κ1) is 12.1. The summed E-state index contributed by atoms with van der Waals surface area (Å²) in [5.41, 5.74) is 0. The Bertz CT molecular complexity index is 278. The Morgan fingerprint density at radius 2 is 2.13 bits per heavy atom. The molecular weight excluding hydrogens is 186 g/mol. The molecule has 3 nitrogen and oxygen atoms in total. The first-order valence-electron chi connectivity index (χ1n) is 5.94. The fourth-order valence-electron chi connectivity index (χ4n) is 1.64. The van der Waals surface area contributed by atoms with E-state index < -0.39 is 0 Å². The lowest BCUT2D eigenvalue weighted by molar-refractivity contribution is 0.587. The van der Waals surface area contributed by atoms with E-state index in [2.05, 4.69) is 42.6 Å². The van der Waals surface area contributed by atoms with Gasteiger partial charge in [-0.1, -0.05) is 19.8 Å². The molecule has 0 saturated heterocycles. The summed E-state index contributed by atoms with van der Waals surface area (Å²) in [5.74, 6) is 0.994. The number of unbranched alkanes of at least 4 members (excludes halogenated alkanes) is 1. The second-order valence-electron chi connectivity index (χ2n) is 4.44. The summed E-state index contributed by atoms with van der Waals surface area (Å²) in [7, 11) is 0. The molecule has 0 radical (unpaired) electrons. The van der Waals surface area contributed by atoms with Gasteiger partial charge in [0.25, 0.3) is 0 Å². The van der Waals surface area contributed by atoms with E-state index in [0.29, 0.717) is 12.1 Å². The predicted octanol–water partition coefficient (Wildman–Crippen LogP) is 3.45. The number of aromatic nitrogens is 2. The molecule has 1 heterocycles. The molecule has 0 aliphatic rings. The number of rotatable bonds is 6. The number of hydrogen-bond acceptors (Lipinski definition) is 2. The van der Waals surface area contributed by atoms with Crippen molar-refractivity contribution in [2.24, 2.45) is 0 Å². The third kappa shape index (κ3) is 3.57. The van der Waals surface area contributed by atoms with E-state index in [1.165, 1.54) is 19.3 Å². The van der Waals surface area contributed by atoms with Gasteiger partial charge in [-0.3, -0.25) is 0 Å². The van der Waals surface area contributed by atoms with E-state index in [1.807, 2.05) is 12.4 Å². The maximum atomic E-state index is 4.34. The van der Waals surface area contributed by atoms with Gasteiger partial charge in [0.1, 0.15) is 0 Å². The zero-order chi connectivity index (χ0) is 11.3. The van der Waals surface area contributed by atoms with Crippen molar-refractivity contribution in [1.82, 2.24) is 9.55 Å². The SMILES string of the molecule is CCCCC(C)Nc1nccn1C(C)C. The van der Waals surface area contributed by atoms with Crippen molar-refractivity contribution in [3.63, 3.8) is 0 Å². The number of hydrogen-bond donors (Lipinski definition) is 1. The Morgan fingerprint density at radius 3 is 2.73 bits per heavy atom. The number of nitrogens with zero attached hydrogens (tertiary/aromatic N) is 2. The summed E-state index contributed by atoms with van der Waals surface area (Å²) < 4.78 is 2.17. The van der Waals surface area contributed by atoms with Gasteiger partial charge in [0.15, 0.2) is 0 Å². The van der Waals surface area contributed by atoms with Gasteiger partial charge in [-0.05, 0) is 27.2 Å². The van der Waals surface area contributed by atoms with Crippen molar-refractivity contribution in [2.45, 2.75) is 59.0 Å². The Morgan fingerprint density at radius 1 is 1.40 bits per heavy atom. The molecule has 0 amide bonds. The maximum absolute atomic E-state index is 4.34. The van der Waals surface area contributed by atoms with Crippen LogP contribution in [0.15, 0.2) is 12.4 Å². The van der Waals surface area contributed by atoms with Gasteiger partial charge in [0, 0.05) is 24.5 Å². The van der Waals surface area contributed by atoms with Crippen LogP contribution >= 0.6 is 0 Å². The van der Waals surface area contributed by atoms with E-state index in [0.717, 1.165) is 5.95 Å². The predicted molar refractivity (Wildman–Crippen MR) is 65.2 cm³/mol. The fraction of sp³-hybridized carbons (Fsp3) is 0.750. The molecule has 1 aromatic rings. The molecule has 0 aromatic carbocycles. The van der Waals surface area contributed by atoms with Crippen LogP contribution in [0.5, 0.6) is 0 Å².